The zero-order valence-electron chi connectivity index (χ0n) is 12.0. The number of aromatic nitrogens is 1. The molecule has 2 aromatic carbocycles. The van der Waals surface area contributed by atoms with Gasteiger partial charge in [0.15, 0.2) is 5.13 Å². The second-order valence-corrected chi connectivity index (χ2v) is 6.03. The zero-order valence-corrected chi connectivity index (χ0v) is 12.8. The quantitative estimate of drug-likeness (QED) is 0.763. The van der Waals surface area contributed by atoms with Gasteiger partial charge in [-0.25, -0.2) is 4.98 Å². The summed E-state index contributed by atoms with van der Waals surface area (Å²) in [7, 11) is 0. The van der Waals surface area contributed by atoms with E-state index in [4.69, 9.17) is 0 Å². The van der Waals surface area contributed by atoms with E-state index in [9.17, 15) is 4.79 Å². The Morgan fingerprint density at radius 3 is 2.90 bits per heavy atom. The molecule has 3 rings (SSSR count). The third-order valence-electron chi connectivity index (χ3n) is 3.36. The van der Waals surface area contributed by atoms with Gasteiger partial charge in [0.25, 0.3) is 5.91 Å². The lowest BCUT2D eigenvalue weighted by Gasteiger charge is -2.02. The van der Waals surface area contributed by atoms with E-state index in [1.165, 1.54) is 16.9 Å². The number of benzene rings is 2. The number of hydrogen-bond donors (Lipinski definition) is 1. The van der Waals surface area contributed by atoms with Gasteiger partial charge >= 0.3 is 0 Å². The Morgan fingerprint density at radius 1 is 1.29 bits per heavy atom. The lowest BCUT2D eigenvalue weighted by Crippen LogP contribution is -2.11. The van der Waals surface area contributed by atoms with Crippen molar-refractivity contribution in [1.29, 1.82) is 0 Å². The molecule has 0 radical (unpaired) electrons. The number of nitrogens with one attached hydrogen (secondary N) is 1. The molecule has 0 aliphatic heterocycles. The van der Waals surface area contributed by atoms with Gasteiger partial charge < -0.3 is 0 Å². The molecule has 0 bridgehead atoms. The SMILES string of the molecule is CCc1ccc2sc(NC(=O)c3cccc(C)c3)nc2c1.[HH]. The number of amides is 1. The van der Waals surface area contributed by atoms with Gasteiger partial charge in [0, 0.05) is 6.99 Å². The Balaban J connectivity index is 0.00000176. The predicted octanol–water partition coefficient (Wildman–Crippen LogP) is 4.67. The van der Waals surface area contributed by atoms with E-state index in [1.807, 2.05) is 31.2 Å². The molecular weight excluding hydrogens is 280 g/mol. The predicted molar refractivity (Wildman–Crippen MR) is 90.2 cm³/mol. The summed E-state index contributed by atoms with van der Waals surface area (Å²) >= 11 is 1.50. The fourth-order valence-electron chi connectivity index (χ4n) is 2.20. The summed E-state index contributed by atoms with van der Waals surface area (Å²) in [6, 6.07) is 13.8. The van der Waals surface area contributed by atoms with Gasteiger partial charge in [-0.3, -0.25) is 10.1 Å². The second-order valence-electron chi connectivity index (χ2n) is 5.00. The maximum absolute atomic E-state index is 12.2. The van der Waals surface area contributed by atoms with Crippen LogP contribution < -0.4 is 5.32 Å². The second kappa shape index (κ2) is 5.66. The summed E-state index contributed by atoms with van der Waals surface area (Å²) in [6.07, 6.45) is 0.985. The van der Waals surface area contributed by atoms with Crippen LogP contribution in [0.15, 0.2) is 42.5 Å². The van der Waals surface area contributed by atoms with E-state index < -0.39 is 0 Å². The Kier molecular flexibility index (Phi) is 3.71. The Hall–Kier alpha value is -2.20. The van der Waals surface area contributed by atoms with Crippen LogP contribution in [0, 0.1) is 6.92 Å². The average Bonchev–Trinajstić information content (AvgIpc) is 2.88. The highest BCUT2D eigenvalue weighted by atomic mass is 32.1. The first kappa shape index (κ1) is 13.8. The van der Waals surface area contributed by atoms with Gasteiger partial charge in [0.2, 0.25) is 0 Å². The largest absolute Gasteiger partial charge is 0.298 e. The van der Waals surface area contributed by atoms with Crippen molar-refractivity contribution in [3.63, 3.8) is 0 Å². The van der Waals surface area contributed by atoms with Crippen molar-refractivity contribution in [2.75, 3.05) is 5.32 Å². The minimum Gasteiger partial charge on any atom is -0.298 e. The molecule has 0 fully saturated rings. The first-order chi connectivity index (χ1) is 10.2. The molecule has 0 aliphatic carbocycles. The van der Waals surface area contributed by atoms with Crippen molar-refractivity contribution in [3.05, 3.63) is 59.2 Å². The minimum absolute atomic E-state index is 0. The molecule has 1 N–H and O–H groups in total. The maximum Gasteiger partial charge on any atom is 0.257 e. The molecule has 3 nitrogen and oxygen atoms in total. The monoisotopic (exact) mass is 298 g/mol. The zero-order chi connectivity index (χ0) is 14.8. The number of anilines is 1. The van der Waals surface area contributed by atoms with Crippen LogP contribution >= 0.6 is 11.3 Å². The fraction of sp³-hybridized carbons (Fsp3) is 0.176. The Bertz CT molecular complexity index is 813. The van der Waals surface area contributed by atoms with Crippen LogP contribution in [-0.2, 0) is 6.42 Å². The summed E-state index contributed by atoms with van der Waals surface area (Å²) in [5.41, 5.74) is 3.92. The number of carbonyl (C=O) groups is 1. The Labute approximate surface area is 129 Å². The van der Waals surface area contributed by atoms with Gasteiger partial charge in [-0.15, -0.1) is 0 Å². The van der Waals surface area contributed by atoms with Crippen molar-refractivity contribution < 1.29 is 6.22 Å². The molecule has 21 heavy (non-hydrogen) atoms. The van der Waals surface area contributed by atoms with Gasteiger partial charge in [-0.1, -0.05) is 42.0 Å². The van der Waals surface area contributed by atoms with Gasteiger partial charge in [0.1, 0.15) is 0 Å². The number of nitrogens with zero attached hydrogens (tertiary/aromatic N) is 1. The van der Waals surface area contributed by atoms with Crippen molar-refractivity contribution >= 4 is 32.6 Å². The van der Waals surface area contributed by atoms with Crippen molar-refractivity contribution in [3.8, 4) is 0 Å². The number of aryl methyl sites for hydroxylation is 2. The fourth-order valence-corrected chi connectivity index (χ4v) is 3.04. The van der Waals surface area contributed by atoms with Crippen LogP contribution in [0.5, 0.6) is 0 Å². The maximum atomic E-state index is 12.2. The summed E-state index contributed by atoms with van der Waals surface area (Å²) in [5.74, 6) is -0.117. The van der Waals surface area contributed by atoms with Gasteiger partial charge in [0.05, 0.1) is 10.2 Å². The minimum atomic E-state index is -0.117. The molecule has 108 valence electrons. The first-order valence-corrected chi connectivity index (χ1v) is 7.75. The van der Waals surface area contributed by atoms with E-state index in [-0.39, 0.29) is 7.33 Å². The van der Waals surface area contributed by atoms with Crippen molar-refractivity contribution in [1.82, 2.24) is 4.98 Å². The summed E-state index contributed by atoms with van der Waals surface area (Å²) in [4.78, 5) is 16.7. The van der Waals surface area contributed by atoms with Crippen LogP contribution in [0.4, 0.5) is 5.13 Å². The van der Waals surface area contributed by atoms with Crippen molar-refractivity contribution in [2.45, 2.75) is 20.3 Å². The molecule has 1 aromatic heterocycles. The molecule has 0 spiro atoms. The number of thiazole rings is 1. The molecule has 4 heteroatoms. The van der Waals surface area contributed by atoms with E-state index in [0.717, 1.165) is 22.2 Å². The standard InChI is InChI=1S/C17H16N2OS.H2/c1-3-12-7-8-15-14(10-12)18-17(21-15)19-16(20)13-6-4-5-11(2)9-13;/h4-10H,3H2,1-2H3,(H,18,19,20);1H. The smallest absolute Gasteiger partial charge is 0.257 e. The first-order valence-electron chi connectivity index (χ1n) is 6.93. The molecule has 0 atom stereocenters. The highest BCUT2D eigenvalue weighted by Crippen LogP contribution is 2.27. The van der Waals surface area contributed by atoms with Gasteiger partial charge in [-0.05, 0) is 43.2 Å². The highest BCUT2D eigenvalue weighted by molar-refractivity contribution is 7.22. The highest BCUT2D eigenvalue weighted by Gasteiger charge is 2.10. The topological polar surface area (TPSA) is 42.0 Å². The van der Waals surface area contributed by atoms with Crippen LogP contribution in [-0.4, -0.2) is 10.9 Å². The number of rotatable bonds is 3. The molecule has 0 aliphatic rings. The van der Waals surface area contributed by atoms with Gasteiger partial charge in [-0.2, -0.15) is 0 Å². The van der Waals surface area contributed by atoms with E-state index >= 15 is 0 Å². The van der Waals surface area contributed by atoms with Crippen LogP contribution in [0.25, 0.3) is 10.2 Å². The number of hydrogen-bond acceptors (Lipinski definition) is 3. The van der Waals surface area contributed by atoms with Crippen molar-refractivity contribution in [2.24, 2.45) is 0 Å². The van der Waals surface area contributed by atoms with E-state index in [0.29, 0.717) is 10.7 Å². The third kappa shape index (κ3) is 2.95. The third-order valence-corrected chi connectivity index (χ3v) is 4.31. The van der Waals surface area contributed by atoms with Crippen LogP contribution in [0.2, 0.25) is 0 Å². The Morgan fingerprint density at radius 2 is 2.14 bits per heavy atom. The lowest BCUT2D eigenvalue weighted by atomic mass is 10.1. The summed E-state index contributed by atoms with van der Waals surface area (Å²) < 4.78 is 1.09. The molecule has 1 heterocycles. The average molecular weight is 298 g/mol. The molecule has 0 unspecified atom stereocenters. The molecule has 0 saturated carbocycles. The van der Waals surface area contributed by atoms with Crippen LogP contribution in [0.1, 0.15) is 29.8 Å². The van der Waals surface area contributed by atoms with E-state index in [1.54, 1.807) is 0 Å². The van der Waals surface area contributed by atoms with E-state index in [2.05, 4.69) is 35.4 Å². The van der Waals surface area contributed by atoms with Crippen LogP contribution in [0.3, 0.4) is 0 Å². The lowest BCUT2D eigenvalue weighted by molar-refractivity contribution is 0.102. The summed E-state index contributed by atoms with van der Waals surface area (Å²) in [6.45, 7) is 4.09. The molecule has 0 saturated heterocycles. The number of fused-ring (bicyclic) bond motifs is 1. The number of carbonyl (C=O) groups excluding carboxylic acids is 1. The normalized spacial score (nSPS) is 10.8. The molecule has 1 amide bonds. The summed E-state index contributed by atoms with van der Waals surface area (Å²) in [5, 5.41) is 3.52. The molecule has 3 aromatic rings. The molecular formula is C17H18N2OS.